The Bertz CT molecular complexity index is 1410. The summed E-state index contributed by atoms with van der Waals surface area (Å²) in [5, 5.41) is 1.06. The quantitative estimate of drug-likeness (QED) is 0.280. The lowest BCUT2D eigenvalue weighted by molar-refractivity contribution is 0.415. The van der Waals surface area contributed by atoms with Crippen LogP contribution in [-0.2, 0) is 6.54 Å². The molecule has 2 heterocycles. The minimum atomic E-state index is 0.527. The van der Waals surface area contributed by atoms with Gasteiger partial charge in [-0.1, -0.05) is 71.7 Å². The molecule has 2 aromatic heterocycles. The van der Waals surface area contributed by atoms with Crippen LogP contribution in [0.25, 0.3) is 33.7 Å². The number of aromatic nitrogens is 3. The van der Waals surface area contributed by atoms with Crippen LogP contribution in [0.4, 0.5) is 0 Å². The molecule has 0 spiro atoms. The zero-order valence-corrected chi connectivity index (χ0v) is 18.8. The highest BCUT2D eigenvalue weighted by atomic mass is 35.5. The zero-order chi connectivity index (χ0) is 22.1. The number of hydrogen-bond donors (Lipinski definition) is 0. The van der Waals surface area contributed by atoms with Crippen molar-refractivity contribution in [1.29, 1.82) is 0 Å². The second-order valence-corrected chi connectivity index (χ2v) is 8.25. The fourth-order valence-electron chi connectivity index (χ4n) is 3.76. The topological polar surface area (TPSA) is 39.9 Å². The lowest BCUT2D eigenvalue weighted by Crippen LogP contribution is -2.03. The van der Waals surface area contributed by atoms with Crippen molar-refractivity contribution in [2.24, 2.45) is 0 Å². The molecule has 0 saturated heterocycles. The van der Waals surface area contributed by atoms with Crippen LogP contribution >= 0.6 is 23.2 Å². The van der Waals surface area contributed by atoms with Gasteiger partial charge in [-0.15, -0.1) is 0 Å². The SMILES string of the molecule is COc1cccc(-c2nc3ncc(-c4ccccc4)cc3n2Cc2ccc(Cl)c(Cl)c2)c1. The highest BCUT2D eigenvalue weighted by Gasteiger charge is 2.16. The number of fused-ring (bicyclic) bond motifs is 1. The van der Waals surface area contributed by atoms with Gasteiger partial charge in [-0.05, 0) is 41.5 Å². The molecule has 6 heteroatoms. The number of imidazole rings is 1. The van der Waals surface area contributed by atoms with Gasteiger partial charge >= 0.3 is 0 Å². The van der Waals surface area contributed by atoms with Gasteiger partial charge in [0.1, 0.15) is 11.6 Å². The van der Waals surface area contributed by atoms with E-state index in [0.717, 1.165) is 39.3 Å². The van der Waals surface area contributed by atoms with E-state index in [-0.39, 0.29) is 0 Å². The molecule has 0 unspecified atom stereocenters. The molecule has 0 radical (unpaired) electrons. The van der Waals surface area contributed by atoms with Crippen molar-refractivity contribution in [2.75, 3.05) is 7.11 Å². The Labute approximate surface area is 196 Å². The number of ether oxygens (including phenoxy) is 1. The normalized spacial score (nSPS) is 11.1. The molecular weight excluding hydrogens is 441 g/mol. The molecule has 3 aromatic carbocycles. The van der Waals surface area contributed by atoms with Crippen molar-refractivity contribution in [3.05, 3.63) is 101 Å². The van der Waals surface area contributed by atoms with Crippen LogP contribution in [0, 0.1) is 0 Å². The third-order valence-electron chi connectivity index (χ3n) is 5.37. The first-order valence-electron chi connectivity index (χ1n) is 10.1. The van der Waals surface area contributed by atoms with Gasteiger partial charge < -0.3 is 9.30 Å². The molecule has 4 nitrogen and oxygen atoms in total. The van der Waals surface area contributed by atoms with Crippen molar-refractivity contribution >= 4 is 34.4 Å². The van der Waals surface area contributed by atoms with E-state index in [1.807, 2.05) is 66.9 Å². The predicted molar refractivity (Wildman–Crippen MR) is 131 cm³/mol. The Kier molecular flexibility index (Phi) is 5.56. The van der Waals surface area contributed by atoms with Crippen molar-refractivity contribution in [3.8, 4) is 28.3 Å². The summed E-state index contributed by atoms with van der Waals surface area (Å²) in [6.45, 7) is 0.569. The summed E-state index contributed by atoms with van der Waals surface area (Å²) >= 11 is 12.4. The predicted octanol–water partition coefficient (Wildman–Crippen LogP) is 7.13. The molecule has 0 amide bonds. The van der Waals surface area contributed by atoms with Gasteiger partial charge in [0.2, 0.25) is 0 Å². The van der Waals surface area contributed by atoms with Crippen molar-refractivity contribution < 1.29 is 4.74 Å². The maximum Gasteiger partial charge on any atom is 0.178 e. The van der Waals surface area contributed by atoms with Gasteiger partial charge in [-0.25, -0.2) is 9.97 Å². The van der Waals surface area contributed by atoms with Gasteiger partial charge in [-0.2, -0.15) is 0 Å². The highest BCUT2D eigenvalue weighted by molar-refractivity contribution is 6.42. The third kappa shape index (κ3) is 3.95. The van der Waals surface area contributed by atoms with Crippen molar-refractivity contribution in [3.63, 3.8) is 0 Å². The van der Waals surface area contributed by atoms with Gasteiger partial charge in [0, 0.05) is 23.9 Å². The molecule has 0 N–H and O–H groups in total. The molecule has 5 aromatic rings. The van der Waals surface area contributed by atoms with E-state index in [9.17, 15) is 0 Å². The molecule has 158 valence electrons. The lowest BCUT2D eigenvalue weighted by atomic mass is 10.1. The minimum absolute atomic E-state index is 0.527. The summed E-state index contributed by atoms with van der Waals surface area (Å²) in [7, 11) is 1.66. The molecule has 0 saturated carbocycles. The Morgan fingerprint density at radius 3 is 2.41 bits per heavy atom. The molecule has 0 aliphatic heterocycles. The molecule has 32 heavy (non-hydrogen) atoms. The van der Waals surface area contributed by atoms with Crippen LogP contribution < -0.4 is 4.74 Å². The van der Waals surface area contributed by atoms with Crippen LogP contribution in [0.5, 0.6) is 5.75 Å². The van der Waals surface area contributed by atoms with E-state index < -0.39 is 0 Å². The highest BCUT2D eigenvalue weighted by Crippen LogP contribution is 2.31. The monoisotopic (exact) mass is 459 g/mol. The Morgan fingerprint density at radius 2 is 1.62 bits per heavy atom. The summed E-state index contributed by atoms with van der Waals surface area (Å²) in [4.78, 5) is 9.54. The minimum Gasteiger partial charge on any atom is -0.497 e. The number of pyridine rings is 1. The first-order valence-corrected chi connectivity index (χ1v) is 10.9. The maximum atomic E-state index is 6.29. The van der Waals surface area contributed by atoms with E-state index in [0.29, 0.717) is 22.2 Å². The Hall–Kier alpha value is -3.34. The lowest BCUT2D eigenvalue weighted by Gasteiger charge is -2.11. The molecule has 0 aliphatic carbocycles. The summed E-state index contributed by atoms with van der Waals surface area (Å²) in [5.41, 5.74) is 5.73. The molecular formula is C26H19Cl2N3O. The number of methoxy groups -OCH3 is 1. The van der Waals surface area contributed by atoms with Crippen LogP contribution in [0.15, 0.2) is 85.1 Å². The van der Waals surface area contributed by atoms with Gasteiger partial charge in [0.15, 0.2) is 5.65 Å². The van der Waals surface area contributed by atoms with Crippen molar-refractivity contribution in [2.45, 2.75) is 6.54 Å². The van der Waals surface area contributed by atoms with Gasteiger partial charge in [0.25, 0.3) is 0 Å². The molecule has 0 bridgehead atoms. The van der Waals surface area contributed by atoms with E-state index in [1.165, 1.54) is 0 Å². The standard InChI is InChI=1S/C26H19Cl2N3O/c1-32-21-9-5-8-19(13-21)26-30-25-24(14-20(15-29-25)18-6-3-2-4-7-18)31(26)16-17-10-11-22(27)23(28)12-17/h2-15H,16H2,1H3. The zero-order valence-electron chi connectivity index (χ0n) is 17.3. The van der Waals surface area contributed by atoms with E-state index in [2.05, 4.69) is 27.8 Å². The average Bonchev–Trinajstić information content (AvgIpc) is 3.19. The van der Waals surface area contributed by atoms with E-state index in [1.54, 1.807) is 7.11 Å². The number of rotatable bonds is 5. The average molecular weight is 460 g/mol. The van der Waals surface area contributed by atoms with Gasteiger partial charge in [-0.3, -0.25) is 0 Å². The third-order valence-corrected chi connectivity index (χ3v) is 6.10. The van der Waals surface area contributed by atoms with Crippen LogP contribution in [0.2, 0.25) is 10.0 Å². The van der Waals surface area contributed by atoms with Crippen LogP contribution in [0.1, 0.15) is 5.56 Å². The largest absolute Gasteiger partial charge is 0.497 e. The first-order chi connectivity index (χ1) is 15.6. The second-order valence-electron chi connectivity index (χ2n) is 7.43. The first kappa shape index (κ1) is 20.6. The summed E-state index contributed by atoms with van der Waals surface area (Å²) in [6.07, 6.45) is 1.86. The van der Waals surface area contributed by atoms with E-state index in [4.69, 9.17) is 32.9 Å². The number of halogens is 2. The summed E-state index contributed by atoms with van der Waals surface area (Å²) in [6, 6.07) is 25.9. The Balaban J connectivity index is 1.70. The van der Waals surface area contributed by atoms with Crippen LogP contribution in [-0.4, -0.2) is 21.6 Å². The molecule has 0 fully saturated rings. The fourth-order valence-corrected chi connectivity index (χ4v) is 4.08. The Morgan fingerprint density at radius 1 is 0.812 bits per heavy atom. The second kappa shape index (κ2) is 8.65. The summed E-state index contributed by atoms with van der Waals surface area (Å²) < 4.78 is 7.59. The van der Waals surface area contributed by atoms with Crippen molar-refractivity contribution in [1.82, 2.24) is 14.5 Å². The van der Waals surface area contributed by atoms with Gasteiger partial charge in [0.05, 0.1) is 22.7 Å². The fraction of sp³-hybridized carbons (Fsp3) is 0.0769. The number of benzene rings is 3. The maximum absolute atomic E-state index is 6.29. The van der Waals surface area contributed by atoms with E-state index >= 15 is 0 Å². The number of nitrogens with zero attached hydrogens (tertiary/aromatic N) is 3. The number of hydrogen-bond acceptors (Lipinski definition) is 3. The molecule has 5 rings (SSSR count). The molecule has 0 aliphatic rings. The van der Waals surface area contributed by atoms with Crippen LogP contribution in [0.3, 0.4) is 0 Å². The smallest absolute Gasteiger partial charge is 0.178 e. The molecule has 0 atom stereocenters. The summed E-state index contributed by atoms with van der Waals surface area (Å²) in [5.74, 6) is 1.58.